The molecule has 0 saturated carbocycles. The number of halogens is 3. The summed E-state index contributed by atoms with van der Waals surface area (Å²) in [4.78, 5) is 11.5. The van der Waals surface area contributed by atoms with Gasteiger partial charge in [0.2, 0.25) is 5.91 Å². The van der Waals surface area contributed by atoms with Crippen LogP contribution in [0.4, 0.5) is 8.78 Å². The van der Waals surface area contributed by atoms with E-state index in [2.05, 4.69) is 5.32 Å². The van der Waals surface area contributed by atoms with E-state index in [4.69, 9.17) is 11.6 Å². The van der Waals surface area contributed by atoms with Gasteiger partial charge in [0.05, 0.1) is 6.42 Å². The summed E-state index contributed by atoms with van der Waals surface area (Å²) in [5.74, 6) is -1.04. The summed E-state index contributed by atoms with van der Waals surface area (Å²) in [6.45, 7) is 2.34. The van der Waals surface area contributed by atoms with E-state index in [1.165, 1.54) is 6.07 Å². The van der Waals surface area contributed by atoms with Crippen molar-refractivity contribution in [2.75, 3.05) is 12.4 Å². The zero-order chi connectivity index (χ0) is 12.8. The Balaban J connectivity index is 2.50. The quantitative estimate of drug-likeness (QED) is 0.811. The zero-order valence-electron chi connectivity index (χ0n) is 9.47. The molecule has 1 amide bonds. The molecule has 0 radical (unpaired) electrons. The maximum atomic E-state index is 13.2. The van der Waals surface area contributed by atoms with Crippen LogP contribution in [-0.2, 0) is 11.2 Å². The molecule has 0 aliphatic heterocycles. The first-order chi connectivity index (χ1) is 8.02. The molecule has 0 saturated heterocycles. The molecule has 17 heavy (non-hydrogen) atoms. The second-order valence-corrected chi connectivity index (χ2v) is 4.28. The van der Waals surface area contributed by atoms with Crippen LogP contribution in [0, 0.1) is 17.6 Å². The fourth-order valence-corrected chi connectivity index (χ4v) is 1.35. The number of nitrogens with one attached hydrogen (secondary N) is 1. The number of hydrogen-bond acceptors (Lipinski definition) is 1. The maximum Gasteiger partial charge on any atom is 0.224 e. The standard InChI is InChI=1S/C12H14ClF2NO/c1-8(6-13)7-16-12(17)4-9-2-3-10(14)5-11(9)15/h2-3,5,8H,4,6-7H2,1H3,(H,16,17). The molecular weight excluding hydrogens is 248 g/mol. The van der Waals surface area contributed by atoms with Crippen LogP contribution in [0.3, 0.4) is 0 Å². The van der Waals surface area contributed by atoms with E-state index in [0.29, 0.717) is 12.4 Å². The van der Waals surface area contributed by atoms with Gasteiger partial charge in [-0.15, -0.1) is 11.6 Å². The average molecular weight is 262 g/mol. The van der Waals surface area contributed by atoms with Gasteiger partial charge >= 0.3 is 0 Å². The Labute approximate surface area is 104 Å². The number of benzene rings is 1. The zero-order valence-corrected chi connectivity index (χ0v) is 10.2. The van der Waals surface area contributed by atoms with Gasteiger partial charge in [-0.05, 0) is 17.5 Å². The maximum absolute atomic E-state index is 13.2. The van der Waals surface area contributed by atoms with Crippen LogP contribution in [0.1, 0.15) is 12.5 Å². The summed E-state index contributed by atoms with van der Waals surface area (Å²) < 4.78 is 25.9. The van der Waals surface area contributed by atoms with Crippen LogP contribution < -0.4 is 5.32 Å². The third kappa shape index (κ3) is 4.69. The molecular formula is C12H14ClF2NO. The van der Waals surface area contributed by atoms with Crippen molar-refractivity contribution in [2.24, 2.45) is 5.92 Å². The van der Waals surface area contributed by atoms with Crippen LogP contribution in [0.5, 0.6) is 0 Å². The van der Waals surface area contributed by atoms with E-state index in [9.17, 15) is 13.6 Å². The van der Waals surface area contributed by atoms with E-state index in [1.54, 1.807) is 0 Å². The van der Waals surface area contributed by atoms with Crippen molar-refractivity contribution in [1.82, 2.24) is 5.32 Å². The van der Waals surface area contributed by atoms with Crippen LogP contribution in [0.15, 0.2) is 18.2 Å². The van der Waals surface area contributed by atoms with Gasteiger partial charge in [-0.25, -0.2) is 8.78 Å². The summed E-state index contributed by atoms with van der Waals surface area (Å²) in [6.07, 6.45) is -0.0961. The average Bonchev–Trinajstić information content (AvgIpc) is 2.29. The van der Waals surface area contributed by atoms with Crippen LogP contribution in [0.25, 0.3) is 0 Å². The van der Waals surface area contributed by atoms with E-state index < -0.39 is 11.6 Å². The number of rotatable bonds is 5. The van der Waals surface area contributed by atoms with Crippen molar-refractivity contribution in [3.63, 3.8) is 0 Å². The first-order valence-electron chi connectivity index (χ1n) is 5.29. The van der Waals surface area contributed by atoms with Crippen molar-refractivity contribution < 1.29 is 13.6 Å². The van der Waals surface area contributed by atoms with Gasteiger partial charge in [-0.1, -0.05) is 13.0 Å². The lowest BCUT2D eigenvalue weighted by molar-refractivity contribution is -0.120. The van der Waals surface area contributed by atoms with Gasteiger partial charge in [0, 0.05) is 18.5 Å². The molecule has 94 valence electrons. The number of amides is 1. The SMILES string of the molecule is CC(CCl)CNC(=O)Cc1ccc(F)cc1F. The molecule has 0 aliphatic carbocycles. The van der Waals surface area contributed by atoms with E-state index >= 15 is 0 Å². The Kier molecular flexibility index (Phi) is 5.35. The third-order valence-corrected chi connectivity index (χ3v) is 2.80. The molecule has 1 aromatic carbocycles. The summed E-state index contributed by atoms with van der Waals surface area (Å²) in [6, 6.07) is 3.17. The lowest BCUT2D eigenvalue weighted by Crippen LogP contribution is -2.30. The Morgan fingerprint density at radius 3 is 2.76 bits per heavy atom. The van der Waals surface area contributed by atoms with Gasteiger partial charge in [0.1, 0.15) is 11.6 Å². The van der Waals surface area contributed by atoms with Gasteiger partial charge < -0.3 is 5.32 Å². The summed E-state index contributed by atoms with van der Waals surface area (Å²) >= 11 is 5.59. The Hall–Kier alpha value is -1.16. The highest BCUT2D eigenvalue weighted by atomic mass is 35.5. The van der Waals surface area contributed by atoms with Gasteiger partial charge in [0.25, 0.3) is 0 Å². The molecule has 2 nitrogen and oxygen atoms in total. The van der Waals surface area contributed by atoms with Crippen molar-refractivity contribution in [2.45, 2.75) is 13.3 Å². The highest BCUT2D eigenvalue weighted by molar-refractivity contribution is 6.18. The molecule has 1 N–H and O–H groups in total. The molecule has 0 heterocycles. The minimum Gasteiger partial charge on any atom is -0.356 e. The minimum absolute atomic E-state index is 0.0961. The van der Waals surface area contributed by atoms with Crippen LogP contribution in [0.2, 0.25) is 0 Å². The number of hydrogen-bond donors (Lipinski definition) is 1. The van der Waals surface area contributed by atoms with Crippen molar-refractivity contribution in [1.29, 1.82) is 0 Å². The molecule has 0 bridgehead atoms. The predicted molar refractivity (Wildman–Crippen MR) is 63.0 cm³/mol. The lowest BCUT2D eigenvalue weighted by Gasteiger charge is -2.09. The van der Waals surface area contributed by atoms with Crippen LogP contribution in [-0.4, -0.2) is 18.3 Å². The molecule has 1 atom stereocenters. The van der Waals surface area contributed by atoms with Crippen molar-refractivity contribution >= 4 is 17.5 Å². The van der Waals surface area contributed by atoms with Gasteiger partial charge in [-0.3, -0.25) is 4.79 Å². The van der Waals surface area contributed by atoms with Gasteiger partial charge in [0.15, 0.2) is 0 Å². The number of carbonyl (C=O) groups is 1. The second-order valence-electron chi connectivity index (χ2n) is 3.98. The number of carbonyl (C=O) groups excluding carboxylic acids is 1. The third-order valence-electron chi connectivity index (χ3n) is 2.28. The first-order valence-corrected chi connectivity index (χ1v) is 5.83. The normalized spacial score (nSPS) is 12.2. The smallest absolute Gasteiger partial charge is 0.224 e. The molecule has 5 heteroatoms. The summed E-state index contributed by atoms with van der Waals surface area (Å²) in [5.41, 5.74) is 0.183. The van der Waals surface area contributed by atoms with Crippen molar-refractivity contribution in [3.05, 3.63) is 35.4 Å². The molecule has 0 spiro atoms. The van der Waals surface area contributed by atoms with E-state index in [-0.39, 0.29) is 23.8 Å². The molecule has 1 unspecified atom stereocenters. The fraction of sp³-hybridized carbons (Fsp3) is 0.417. The largest absolute Gasteiger partial charge is 0.356 e. The first kappa shape index (κ1) is 13.9. The highest BCUT2D eigenvalue weighted by Crippen LogP contribution is 2.10. The molecule has 0 fully saturated rings. The summed E-state index contributed by atoms with van der Waals surface area (Å²) in [5, 5.41) is 2.64. The summed E-state index contributed by atoms with van der Waals surface area (Å²) in [7, 11) is 0. The monoisotopic (exact) mass is 261 g/mol. The topological polar surface area (TPSA) is 29.1 Å². The Morgan fingerprint density at radius 1 is 1.47 bits per heavy atom. The Bertz CT molecular complexity index is 398. The molecule has 1 aromatic rings. The highest BCUT2D eigenvalue weighted by Gasteiger charge is 2.09. The lowest BCUT2D eigenvalue weighted by atomic mass is 10.1. The molecule has 0 aromatic heterocycles. The fourth-order valence-electron chi connectivity index (χ4n) is 1.24. The second kappa shape index (κ2) is 6.55. The number of alkyl halides is 1. The van der Waals surface area contributed by atoms with Crippen molar-refractivity contribution in [3.8, 4) is 0 Å². The minimum atomic E-state index is -0.703. The van der Waals surface area contributed by atoms with E-state index in [1.807, 2.05) is 6.92 Å². The van der Waals surface area contributed by atoms with E-state index in [0.717, 1.165) is 12.1 Å². The predicted octanol–water partition coefficient (Wildman–Crippen LogP) is 2.50. The van der Waals surface area contributed by atoms with Crippen LogP contribution >= 0.6 is 11.6 Å². The molecule has 1 rings (SSSR count). The van der Waals surface area contributed by atoms with Gasteiger partial charge in [-0.2, -0.15) is 0 Å². The molecule has 0 aliphatic rings. The Morgan fingerprint density at radius 2 is 2.18 bits per heavy atom.